The number of carbonyl (C=O) groups excluding carboxylic acids is 2. The standard InChI is InChI=1S/C25H33FN4O.C6H14O.C5H12.C2H5N.CH3NO.CH2O/c1-3-30(25-13-22(6-7-27-25)29-14-19-11-20(19)15-29)23-5-4-8-28(16-23)24-10-18(17-31-2)9-21(26)12-24;1-2-3-4-5-6-7;1-3-5-4-2;1-2-3;2-1-3;1-2/h6-7,9-10,12-13,19-20,23H,3-5,8,11,14-17H2,1-2H3;7H,2-6H2,1H3;3-5H2,1-2H3;2-3H,1H3;1H,(H2,2,3);1H2/t19-,20?,23-;;;;;/m1...../s1. The second-order valence-electron chi connectivity index (χ2n) is 12.9. The summed E-state index contributed by atoms with van der Waals surface area (Å²) in [5.41, 5.74) is 7.30. The fraction of sp³-hybridized carbons (Fsp3) is 0.650. The van der Waals surface area contributed by atoms with Crippen LogP contribution in [0.1, 0.15) is 104 Å². The third-order valence-electron chi connectivity index (χ3n) is 8.88. The van der Waals surface area contributed by atoms with Crippen molar-refractivity contribution in [3.05, 3.63) is 47.9 Å². The van der Waals surface area contributed by atoms with E-state index in [4.69, 9.17) is 29.8 Å². The van der Waals surface area contributed by atoms with Crippen LogP contribution < -0.4 is 20.4 Å². The summed E-state index contributed by atoms with van der Waals surface area (Å²) in [6, 6.07) is 10.1. The van der Waals surface area contributed by atoms with E-state index in [-0.39, 0.29) is 12.2 Å². The van der Waals surface area contributed by atoms with Gasteiger partial charge in [0.15, 0.2) is 0 Å². The van der Waals surface area contributed by atoms with Crippen LogP contribution in [0.3, 0.4) is 0 Å². The number of nitrogens with zero attached hydrogens (tertiary/aromatic N) is 4. The minimum atomic E-state index is -0.197. The fourth-order valence-corrected chi connectivity index (χ4v) is 6.38. The molecule has 2 aliphatic heterocycles. The number of carbonyl (C=O) groups is 2. The summed E-state index contributed by atoms with van der Waals surface area (Å²) in [5, 5.41) is 14.4. The number of hydrogen-bond donors (Lipinski definition) is 3. The fourth-order valence-electron chi connectivity index (χ4n) is 6.38. The lowest BCUT2D eigenvalue weighted by Gasteiger charge is -2.41. The topological polar surface area (TPSA) is 136 Å². The number of amides is 1. The van der Waals surface area contributed by atoms with Gasteiger partial charge in [-0.15, -0.1) is 0 Å². The number of aromatic nitrogens is 1. The molecule has 1 unspecified atom stereocenters. The van der Waals surface area contributed by atoms with E-state index in [1.54, 1.807) is 26.2 Å². The van der Waals surface area contributed by atoms with Crippen molar-refractivity contribution in [2.75, 3.05) is 61.1 Å². The first kappa shape index (κ1) is 47.4. The van der Waals surface area contributed by atoms with Crippen molar-refractivity contribution in [2.45, 2.75) is 111 Å². The number of pyridine rings is 1. The molecule has 3 atom stereocenters. The van der Waals surface area contributed by atoms with Crippen molar-refractivity contribution in [3.63, 3.8) is 0 Å². The second kappa shape index (κ2) is 30.1. The molecule has 1 saturated carbocycles. The molecule has 1 aliphatic carbocycles. The molecule has 5 rings (SSSR count). The maximum Gasteiger partial charge on any atom is 0.204 e. The summed E-state index contributed by atoms with van der Waals surface area (Å²) in [4.78, 5) is 28.6. The van der Waals surface area contributed by atoms with E-state index in [1.165, 1.54) is 69.9 Å². The lowest BCUT2D eigenvalue weighted by atomic mass is 10.0. The van der Waals surface area contributed by atoms with Gasteiger partial charge in [0.1, 0.15) is 18.4 Å². The highest BCUT2D eigenvalue weighted by molar-refractivity contribution is 5.57. The number of unbranched alkanes of at least 4 members (excludes halogenated alkanes) is 5. The Morgan fingerprint density at radius 3 is 2.16 bits per heavy atom. The molecule has 3 heterocycles. The molecule has 10 nitrogen and oxygen atoms in total. The van der Waals surface area contributed by atoms with Crippen molar-refractivity contribution in [3.8, 4) is 0 Å². The maximum absolute atomic E-state index is 14.2. The molecule has 0 spiro atoms. The third kappa shape index (κ3) is 19.0. The number of halogens is 1. The average Bonchev–Trinajstić information content (AvgIpc) is 3.75. The zero-order valence-corrected chi connectivity index (χ0v) is 32.5. The summed E-state index contributed by atoms with van der Waals surface area (Å²) >= 11 is 0. The van der Waals surface area contributed by atoms with Gasteiger partial charge in [0.2, 0.25) is 6.41 Å². The van der Waals surface area contributed by atoms with E-state index in [9.17, 15) is 4.39 Å². The highest BCUT2D eigenvalue weighted by Crippen LogP contribution is 2.46. The van der Waals surface area contributed by atoms with Gasteiger partial charge in [-0.1, -0.05) is 59.3 Å². The largest absolute Gasteiger partial charge is 0.396 e. The Morgan fingerprint density at radius 1 is 1.00 bits per heavy atom. The normalized spacial score (nSPS) is 17.8. The smallest absolute Gasteiger partial charge is 0.204 e. The molecule has 290 valence electrons. The van der Waals surface area contributed by atoms with Crippen LogP contribution in [0.15, 0.2) is 36.5 Å². The Balaban J connectivity index is 0.00000104. The Morgan fingerprint density at radius 2 is 1.63 bits per heavy atom. The van der Waals surface area contributed by atoms with E-state index >= 15 is 0 Å². The van der Waals surface area contributed by atoms with Crippen LogP contribution >= 0.6 is 0 Å². The number of primary amides is 1. The molecule has 11 heteroatoms. The predicted molar refractivity (Wildman–Crippen MR) is 212 cm³/mol. The third-order valence-corrected chi connectivity index (χ3v) is 8.88. The minimum Gasteiger partial charge on any atom is -0.396 e. The highest BCUT2D eigenvalue weighted by atomic mass is 19.1. The SMILES string of the molecule is C=O.CC=N.CCCCC.CCCCCCO.CCN(c1cc(N2CC3C[C@@H]3C2)ccn1)[C@@H]1CCCN(c2cc(F)cc(COC)c2)C1.NC=O. The van der Waals surface area contributed by atoms with Crippen LogP contribution in [-0.2, 0) is 20.9 Å². The van der Waals surface area contributed by atoms with E-state index in [0.29, 0.717) is 19.3 Å². The summed E-state index contributed by atoms with van der Waals surface area (Å²) in [6.45, 7) is 18.4. The molecule has 0 bridgehead atoms. The first-order chi connectivity index (χ1) is 24.8. The van der Waals surface area contributed by atoms with E-state index in [1.807, 2.05) is 13.0 Å². The van der Waals surface area contributed by atoms with Gasteiger partial charge in [-0.25, -0.2) is 9.37 Å². The van der Waals surface area contributed by atoms with E-state index in [0.717, 1.165) is 67.8 Å². The quantitative estimate of drug-likeness (QED) is 0.109. The van der Waals surface area contributed by atoms with Crippen molar-refractivity contribution in [2.24, 2.45) is 17.6 Å². The molecular formula is C40H69FN6O4. The van der Waals surface area contributed by atoms with Gasteiger partial charge in [0.25, 0.3) is 0 Å². The molecular weight excluding hydrogens is 647 g/mol. The highest BCUT2D eigenvalue weighted by Gasteiger charge is 2.45. The maximum atomic E-state index is 14.2. The number of benzene rings is 1. The number of aliphatic hydroxyl groups is 1. The van der Waals surface area contributed by atoms with Crippen molar-refractivity contribution < 1.29 is 23.8 Å². The van der Waals surface area contributed by atoms with Gasteiger partial charge in [-0.2, -0.15) is 0 Å². The van der Waals surface area contributed by atoms with Crippen LogP contribution in [-0.4, -0.2) is 82.0 Å². The van der Waals surface area contributed by atoms with Gasteiger partial charge in [0, 0.05) is 76.1 Å². The van der Waals surface area contributed by atoms with Crippen molar-refractivity contribution in [1.29, 1.82) is 5.41 Å². The summed E-state index contributed by atoms with van der Waals surface area (Å²) in [6.07, 6.45) is 15.9. The van der Waals surface area contributed by atoms with Crippen molar-refractivity contribution in [1.82, 2.24) is 4.98 Å². The van der Waals surface area contributed by atoms with Crippen LogP contribution in [0.4, 0.5) is 21.6 Å². The number of nitrogens with one attached hydrogen (secondary N) is 1. The number of ether oxygens (including phenoxy) is 1. The Kier molecular flexibility index (Phi) is 28.0. The number of nitrogens with two attached hydrogens (primary N) is 1. The van der Waals surface area contributed by atoms with Crippen LogP contribution in [0.2, 0.25) is 0 Å². The van der Waals surface area contributed by atoms with Gasteiger partial charge in [-0.3, -0.25) is 4.79 Å². The molecule has 4 N–H and O–H groups in total. The summed E-state index contributed by atoms with van der Waals surface area (Å²) in [5.74, 6) is 2.70. The van der Waals surface area contributed by atoms with Crippen LogP contribution in [0.5, 0.6) is 0 Å². The monoisotopic (exact) mass is 717 g/mol. The number of piperidine rings is 2. The Bertz CT molecular complexity index is 1150. The first-order valence-electron chi connectivity index (χ1n) is 18.8. The Labute approximate surface area is 308 Å². The van der Waals surface area contributed by atoms with Crippen LogP contribution in [0.25, 0.3) is 0 Å². The summed E-state index contributed by atoms with van der Waals surface area (Å²) < 4.78 is 19.4. The lowest BCUT2D eigenvalue weighted by Crippen LogP contribution is -2.48. The average molecular weight is 717 g/mol. The predicted octanol–water partition coefficient (Wildman–Crippen LogP) is 7.65. The molecule has 51 heavy (non-hydrogen) atoms. The summed E-state index contributed by atoms with van der Waals surface area (Å²) in [7, 11) is 1.65. The Hall–Kier alpha value is -3.57. The number of anilines is 3. The van der Waals surface area contributed by atoms with Crippen molar-refractivity contribution >= 4 is 36.6 Å². The van der Waals surface area contributed by atoms with Crippen LogP contribution in [0, 0.1) is 23.1 Å². The molecule has 2 saturated heterocycles. The molecule has 1 amide bonds. The lowest BCUT2D eigenvalue weighted by molar-refractivity contribution is -0.107. The first-order valence-corrected chi connectivity index (χ1v) is 18.8. The molecule has 3 aliphatic rings. The van der Waals surface area contributed by atoms with Gasteiger partial charge in [0.05, 0.1) is 6.61 Å². The number of rotatable bonds is 13. The van der Waals surface area contributed by atoms with E-state index in [2.05, 4.69) is 66.3 Å². The molecule has 1 aromatic carbocycles. The van der Waals surface area contributed by atoms with E-state index < -0.39 is 0 Å². The molecule has 2 aromatic rings. The zero-order chi connectivity index (χ0) is 38.4. The van der Waals surface area contributed by atoms with Gasteiger partial charge >= 0.3 is 0 Å². The molecule has 3 fully saturated rings. The number of hydrogen-bond acceptors (Lipinski definition) is 9. The second-order valence-corrected chi connectivity index (χ2v) is 12.9. The van der Waals surface area contributed by atoms with Gasteiger partial charge in [-0.05, 0) is 87.4 Å². The minimum absolute atomic E-state index is 0.197. The number of fused-ring (bicyclic) bond motifs is 1. The zero-order valence-electron chi connectivity index (χ0n) is 32.5. The number of aliphatic hydroxyl groups excluding tert-OH is 1. The van der Waals surface area contributed by atoms with Gasteiger partial charge < -0.3 is 40.5 Å². The number of methoxy groups -OCH3 is 1. The molecule has 1 aromatic heterocycles. The molecule has 0 radical (unpaired) electrons. The number of likely N-dealkylation sites (N-methyl/N-ethyl adjacent to an activating group) is 1.